The van der Waals surface area contributed by atoms with E-state index in [9.17, 15) is 20.0 Å². The van der Waals surface area contributed by atoms with Crippen molar-refractivity contribution < 1.29 is 19.9 Å². The first-order valence-corrected chi connectivity index (χ1v) is 8.81. The molecule has 0 amide bonds. The lowest BCUT2D eigenvalue weighted by Gasteiger charge is -2.03. The summed E-state index contributed by atoms with van der Waals surface area (Å²) in [5.74, 6) is -1.14. The molecular formula is C16H12N4O5S2. The predicted octanol–water partition coefficient (Wildman–Crippen LogP) is 3.24. The zero-order valence-electron chi connectivity index (χ0n) is 13.6. The highest BCUT2D eigenvalue weighted by atomic mass is 32.1. The highest BCUT2D eigenvalue weighted by Gasteiger charge is 2.18. The zero-order valence-corrected chi connectivity index (χ0v) is 15.2. The van der Waals surface area contributed by atoms with Crippen molar-refractivity contribution in [2.24, 2.45) is 10.2 Å². The molecule has 0 unspecified atom stereocenters. The van der Waals surface area contributed by atoms with E-state index in [1.54, 1.807) is 18.2 Å². The minimum Gasteiger partial charge on any atom is -0.493 e. The fourth-order valence-electron chi connectivity index (χ4n) is 2.42. The van der Waals surface area contributed by atoms with Crippen molar-refractivity contribution in [1.29, 1.82) is 0 Å². The van der Waals surface area contributed by atoms with E-state index >= 15 is 0 Å². The molecule has 0 atom stereocenters. The van der Waals surface area contributed by atoms with Gasteiger partial charge in [0.05, 0.1) is 22.4 Å². The van der Waals surface area contributed by atoms with Gasteiger partial charge in [0.25, 0.3) is 5.69 Å². The maximum atomic E-state index is 11.0. The molecule has 0 saturated carbocycles. The summed E-state index contributed by atoms with van der Waals surface area (Å²) >= 11 is 6.30. The number of aromatic hydroxyl groups is 1. The summed E-state index contributed by atoms with van der Waals surface area (Å²) in [4.78, 5) is 21.6. The molecule has 0 spiro atoms. The van der Waals surface area contributed by atoms with Crippen LogP contribution in [0.5, 0.6) is 5.88 Å². The summed E-state index contributed by atoms with van der Waals surface area (Å²) in [6.45, 7) is 0.0551. The molecule has 1 aromatic heterocycles. The van der Waals surface area contributed by atoms with Gasteiger partial charge in [0.15, 0.2) is 3.95 Å². The maximum absolute atomic E-state index is 11.0. The van der Waals surface area contributed by atoms with Gasteiger partial charge in [0.1, 0.15) is 5.71 Å². The van der Waals surface area contributed by atoms with Crippen LogP contribution in [0.15, 0.2) is 40.0 Å². The summed E-state index contributed by atoms with van der Waals surface area (Å²) in [6, 6.07) is 5.99. The van der Waals surface area contributed by atoms with E-state index in [0.717, 1.165) is 11.3 Å². The SMILES string of the molecule is O=C(O)CCn1c(O)c(C=C2C=NN=C2c2cccc([N+](=O)[O-])c2)sc1=S. The van der Waals surface area contributed by atoms with Gasteiger partial charge in [0, 0.05) is 29.8 Å². The molecular weight excluding hydrogens is 392 g/mol. The van der Waals surface area contributed by atoms with Crippen molar-refractivity contribution in [3.05, 3.63) is 54.3 Å². The number of rotatable bonds is 6. The van der Waals surface area contributed by atoms with E-state index in [-0.39, 0.29) is 24.5 Å². The minimum atomic E-state index is -0.995. The quantitative estimate of drug-likeness (QED) is 0.432. The van der Waals surface area contributed by atoms with Crippen LogP contribution < -0.4 is 0 Å². The number of thiazole rings is 1. The Morgan fingerprint density at radius 3 is 2.93 bits per heavy atom. The molecule has 2 N–H and O–H groups in total. The Bertz CT molecular complexity index is 1080. The van der Waals surface area contributed by atoms with Crippen molar-refractivity contribution >= 4 is 53.2 Å². The van der Waals surface area contributed by atoms with Gasteiger partial charge in [-0.25, -0.2) is 0 Å². The average molecular weight is 404 g/mol. The lowest BCUT2D eigenvalue weighted by Crippen LogP contribution is -2.04. The fraction of sp³-hybridized carbons (Fsp3) is 0.125. The molecule has 0 bridgehead atoms. The number of aliphatic carboxylic acids is 1. The molecule has 138 valence electrons. The Morgan fingerprint density at radius 1 is 1.44 bits per heavy atom. The Morgan fingerprint density at radius 2 is 2.22 bits per heavy atom. The van der Waals surface area contributed by atoms with Gasteiger partial charge in [-0.1, -0.05) is 12.1 Å². The van der Waals surface area contributed by atoms with Crippen LogP contribution in [0.25, 0.3) is 6.08 Å². The van der Waals surface area contributed by atoms with Crippen molar-refractivity contribution in [2.45, 2.75) is 13.0 Å². The Labute approximate surface area is 161 Å². The summed E-state index contributed by atoms with van der Waals surface area (Å²) in [6.07, 6.45) is 2.91. The molecule has 2 heterocycles. The van der Waals surface area contributed by atoms with Gasteiger partial charge in [-0.15, -0.1) is 16.4 Å². The minimum absolute atomic E-state index is 0.0551. The molecule has 0 fully saturated rings. The van der Waals surface area contributed by atoms with Gasteiger partial charge in [-0.05, 0) is 18.3 Å². The van der Waals surface area contributed by atoms with Gasteiger partial charge >= 0.3 is 5.97 Å². The maximum Gasteiger partial charge on any atom is 0.305 e. The lowest BCUT2D eigenvalue weighted by molar-refractivity contribution is -0.384. The van der Waals surface area contributed by atoms with Crippen molar-refractivity contribution in [2.75, 3.05) is 0 Å². The molecule has 0 saturated heterocycles. The van der Waals surface area contributed by atoms with Crippen LogP contribution in [0.2, 0.25) is 0 Å². The van der Waals surface area contributed by atoms with E-state index < -0.39 is 10.9 Å². The van der Waals surface area contributed by atoms with Gasteiger partial charge in [-0.3, -0.25) is 19.5 Å². The number of benzene rings is 1. The van der Waals surface area contributed by atoms with Crippen LogP contribution in [0.3, 0.4) is 0 Å². The van der Waals surface area contributed by atoms with Crippen LogP contribution in [-0.2, 0) is 11.3 Å². The molecule has 1 aliphatic heterocycles. The molecule has 11 heteroatoms. The molecule has 0 aliphatic carbocycles. The molecule has 2 aromatic rings. The molecule has 0 radical (unpaired) electrons. The highest BCUT2D eigenvalue weighted by Crippen LogP contribution is 2.30. The average Bonchev–Trinajstić information content (AvgIpc) is 3.18. The Hall–Kier alpha value is -3.18. The number of aromatic nitrogens is 1. The second kappa shape index (κ2) is 7.60. The predicted molar refractivity (Wildman–Crippen MR) is 103 cm³/mol. The van der Waals surface area contributed by atoms with Gasteiger partial charge < -0.3 is 10.2 Å². The molecule has 9 nitrogen and oxygen atoms in total. The summed E-state index contributed by atoms with van der Waals surface area (Å²) in [5, 5.41) is 38.0. The topological polar surface area (TPSA) is 130 Å². The van der Waals surface area contributed by atoms with Gasteiger partial charge in [0.2, 0.25) is 5.88 Å². The first-order valence-electron chi connectivity index (χ1n) is 7.59. The second-order valence-corrected chi connectivity index (χ2v) is 7.13. The van der Waals surface area contributed by atoms with Gasteiger partial charge in [-0.2, -0.15) is 5.10 Å². The fourth-order valence-corrected chi connectivity index (χ4v) is 3.73. The third-order valence-electron chi connectivity index (χ3n) is 3.69. The lowest BCUT2D eigenvalue weighted by atomic mass is 10.0. The largest absolute Gasteiger partial charge is 0.493 e. The smallest absolute Gasteiger partial charge is 0.305 e. The number of nitrogens with zero attached hydrogens (tertiary/aromatic N) is 4. The number of carbonyl (C=O) groups is 1. The molecule has 1 aromatic carbocycles. The number of carboxylic acids is 1. The molecule has 3 rings (SSSR count). The monoisotopic (exact) mass is 404 g/mol. The number of nitro groups is 1. The summed E-state index contributed by atoms with van der Waals surface area (Å²) in [7, 11) is 0. The first-order chi connectivity index (χ1) is 12.9. The number of carboxylic acid groups (broad SMARTS) is 1. The van der Waals surface area contributed by atoms with Crippen molar-refractivity contribution in [3.63, 3.8) is 0 Å². The van der Waals surface area contributed by atoms with Crippen LogP contribution in [0.1, 0.15) is 16.9 Å². The van der Waals surface area contributed by atoms with E-state index in [0.29, 0.717) is 25.7 Å². The molecule has 1 aliphatic rings. The Balaban J connectivity index is 1.95. The third kappa shape index (κ3) is 3.99. The van der Waals surface area contributed by atoms with E-state index in [2.05, 4.69) is 10.2 Å². The highest BCUT2D eigenvalue weighted by molar-refractivity contribution is 7.73. The summed E-state index contributed by atoms with van der Waals surface area (Å²) < 4.78 is 1.68. The van der Waals surface area contributed by atoms with E-state index in [1.807, 2.05) is 0 Å². The van der Waals surface area contributed by atoms with Crippen molar-refractivity contribution in [1.82, 2.24) is 4.57 Å². The van der Waals surface area contributed by atoms with Crippen LogP contribution in [-0.4, -0.2) is 37.6 Å². The standard InChI is InChI=1S/C16H12N4O5S2/c21-13(22)4-5-19-15(23)12(27-16(19)26)7-10-8-17-18-14(10)9-2-1-3-11(6-9)20(24)25/h1-3,6-8,23H,4-5H2,(H,21,22). The first kappa shape index (κ1) is 18.6. The zero-order chi connectivity index (χ0) is 19.6. The summed E-state index contributed by atoms with van der Waals surface area (Å²) in [5.41, 5.74) is 1.42. The van der Waals surface area contributed by atoms with E-state index in [1.165, 1.54) is 22.9 Å². The van der Waals surface area contributed by atoms with Crippen molar-refractivity contribution in [3.8, 4) is 5.88 Å². The van der Waals surface area contributed by atoms with Crippen LogP contribution in [0.4, 0.5) is 5.69 Å². The number of non-ortho nitro benzene ring substituents is 1. The second-order valence-electron chi connectivity index (χ2n) is 5.45. The number of allylic oxidation sites excluding steroid dienone is 1. The number of nitro benzene ring substituents is 1. The third-order valence-corrected chi connectivity index (χ3v) is 5.07. The number of hydrogen-bond donors (Lipinski definition) is 2. The number of hydrogen-bond acceptors (Lipinski definition) is 8. The van der Waals surface area contributed by atoms with E-state index in [4.69, 9.17) is 17.3 Å². The van der Waals surface area contributed by atoms with Crippen LogP contribution >= 0.6 is 23.6 Å². The normalized spacial score (nSPS) is 14.5. The molecule has 27 heavy (non-hydrogen) atoms. The van der Waals surface area contributed by atoms with Crippen LogP contribution in [0, 0.1) is 14.1 Å². The Kier molecular flexibility index (Phi) is 5.23.